The minimum Gasteiger partial charge on any atom is -0.465 e. The van der Waals surface area contributed by atoms with Gasteiger partial charge in [-0.25, -0.2) is 23.9 Å². The van der Waals surface area contributed by atoms with Gasteiger partial charge in [0, 0.05) is 44.2 Å². The highest BCUT2D eigenvalue weighted by molar-refractivity contribution is 5.88. The molecule has 1 spiro atoms. The Balaban J connectivity index is 1.18. The molecule has 1 amide bonds. The summed E-state index contributed by atoms with van der Waals surface area (Å²) in [6.07, 6.45) is 3.88. The summed E-state index contributed by atoms with van der Waals surface area (Å²) in [4.78, 5) is 43.3. The highest BCUT2D eigenvalue weighted by atomic mass is 19.1. The Morgan fingerprint density at radius 3 is 2.77 bits per heavy atom. The second-order valence-electron chi connectivity index (χ2n) is 10.5. The number of carboxylic acid groups (broad SMARTS) is 1. The Bertz CT molecular complexity index is 1620. The molecule has 2 aliphatic rings. The lowest BCUT2D eigenvalue weighted by molar-refractivity contribution is 0.202. The second-order valence-corrected chi connectivity index (χ2v) is 10.5. The van der Waals surface area contributed by atoms with Crippen molar-refractivity contribution in [2.45, 2.75) is 26.3 Å². The van der Waals surface area contributed by atoms with Gasteiger partial charge in [-0.2, -0.15) is 0 Å². The zero-order valence-electron chi connectivity index (χ0n) is 22.1. The van der Waals surface area contributed by atoms with E-state index < -0.39 is 11.9 Å². The largest absolute Gasteiger partial charge is 0.465 e. The quantitative estimate of drug-likeness (QED) is 0.314. The third-order valence-electron chi connectivity index (χ3n) is 7.88. The topological polar surface area (TPSA) is 131 Å². The zero-order valence-corrected chi connectivity index (χ0v) is 22.1. The van der Waals surface area contributed by atoms with Gasteiger partial charge in [0.1, 0.15) is 12.1 Å². The van der Waals surface area contributed by atoms with Crippen molar-refractivity contribution < 1.29 is 19.0 Å². The van der Waals surface area contributed by atoms with E-state index >= 15 is 0 Å². The summed E-state index contributed by atoms with van der Waals surface area (Å²) in [7, 11) is 0. The van der Waals surface area contributed by atoms with Gasteiger partial charge < -0.3 is 24.7 Å². The maximum absolute atomic E-state index is 14.1. The highest BCUT2D eigenvalue weighted by Gasteiger charge is 2.44. The van der Waals surface area contributed by atoms with Crippen LogP contribution in [0.1, 0.15) is 25.3 Å². The molecular weight excluding hydrogens is 517 g/mol. The molecule has 0 saturated carbocycles. The monoisotopic (exact) mass is 547 g/mol. The van der Waals surface area contributed by atoms with E-state index in [0.29, 0.717) is 11.6 Å². The smallest absolute Gasteiger partial charge is 0.411 e. The van der Waals surface area contributed by atoms with Gasteiger partial charge in [0.15, 0.2) is 17.3 Å². The number of H-pyrrole nitrogens is 2. The van der Waals surface area contributed by atoms with Crippen LogP contribution in [0.15, 0.2) is 53.7 Å². The van der Waals surface area contributed by atoms with Crippen LogP contribution in [0.3, 0.4) is 0 Å². The summed E-state index contributed by atoms with van der Waals surface area (Å²) in [5, 5.41) is 9.61. The standard InChI is InChI=1S/C28H30FN7O4/c1-2-36(27(38)39)22-12-19(29)4-6-23(22)40-24-13-30-17-31-25(24)35-10-8-28(16-35)7-9-34(15-28)14-18-3-5-20-21(11-18)33-26(37)32-20/h3-6,11-13,17H,2,7-10,14-16H2,1H3,(H,38,39)(H2,32,33,37). The van der Waals surface area contributed by atoms with E-state index in [0.717, 1.165) is 73.1 Å². The Kier molecular flexibility index (Phi) is 6.62. The van der Waals surface area contributed by atoms with E-state index in [-0.39, 0.29) is 29.1 Å². The second kappa shape index (κ2) is 10.3. The van der Waals surface area contributed by atoms with Crippen molar-refractivity contribution in [3.8, 4) is 11.5 Å². The molecule has 11 nitrogen and oxygen atoms in total. The van der Waals surface area contributed by atoms with Crippen LogP contribution in [0, 0.1) is 11.2 Å². The first kappa shape index (κ1) is 25.8. The fourth-order valence-corrected chi connectivity index (χ4v) is 5.98. The van der Waals surface area contributed by atoms with Gasteiger partial charge in [0.25, 0.3) is 0 Å². The molecule has 1 atom stereocenters. The van der Waals surface area contributed by atoms with E-state index in [4.69, 9.17) is 4.74 Å². The van der Waals surface area contributed by atoms with E-state index in [1.807, 2.05) is 12.1 Å². The predicted molar refractivity (Wildman–Crippen MR) is 148 cm³/mol. The van der Waals surface area contributed by atoms with Crippen LogP contribution in [0.4, 0.5) is 20.7 Å². The molecule has 0 bridgehead atoms. The first-order chi connectivity index (χ1) is 19.3. The molecule has 4 heterocycles. The molecule has 6 rings (SSSR count). The predicted octanol–water partition coefficient (Wildman–Crippen LogP) is 4.18. The first-order valence-electron chi connectivity index (χ1n) is 13.3. The molecule has 0 aliphatic carbocycles. The molecule has 1 unspecified atom stereocenters. The number of aromatic nitrogens is 4. The normalized spacial score (nSPS) is 19.1. The number of likely N-dealkylation sites (tertiary alicyclic amines) is 1. The highest BCUT2D eigenvalue weighted by Crippen LogP contribution is 2.44. The SMILES string of the molecule is CCN(C(=O)O)c1cc(F)ccc1Oc1cncnc1N1CCC2(CCN(Cc3ccc4[nH]c(=O)[nH]c4c3)C2)C1. The molecular formula is C28H30FN7O4. The van der Waals surface area contributed by atoms with E-state index in [1.165, 1.54) is 18.5 Å². The van der Waals surface area contributed by atoms with Crippen LogP contribution >= 0.6 is 0 Å². The van der Waals surface area contributed by atoms with Gasteiger partial charge in [-0.05, 0) is 56.1 Å². The third-order valence-corrected chi connectivity index (χ3v) is 7.88. The van der Waals surface area contributed by atoms with Gasteiger partial charge in [-0.15, -0.1) is 0 Å². The molecule has 12 heteroatoms. The van der Waals surface area contributed by atoms with Gasteiger partial charge in [0.05, 0.1) is 22.9 Å². The third kappa shape index (κ3) is 4.97. The summed E-state index contributed by atoms with van der Waals surface area (Å²) in [5.41, 5.74) is 2.80. The lowest BCUT2D eigenvalue weighted by Crippen LogP contribution is -2.31. The number of anilines is 2. The summed E-state index contributed by atoms with van der Waals surface area (Å²) in [5.74, 6) is 0.668. The van der Waals surface area contributed by atoms with Crippen molar-refractivity contribution in [1.82, 2.24) is 24.8 Å². The number of fused-ring (bicyclic) bond motifs is 1. The molecule has 2 fully saturated rings. The number of hydrogen-bond donors (Lipinski definition) is 3. The van der Waals surface area contributed by atoms with Gasteiger partial charge in [-0.3, -0.25) is 9.80 Å². The number of nitrogens with zero attached hydrogens (tertiary/aromatic N) is 5. The average molecular weight is 548 g/mol. The van der Waals surface area contributed by atoms with Crippen molar-refractivity contribution >= 4 is 28.6 Å². The lowest BCUT2D eigenvalue weighted by Gasteiger charge is -2.26. The summed E-state index contributed by atoms with van der Waals surface area (Å²) >= 11 is 0. The Labute approximate surface area is 229 Å². The number of carbonyl (C=O) groups is 1. The molecule has 3 N–H and O–H groups in total. The van der Waals surface area contributed by atoms with Crippen LogP contribution in [-0.2, 0) is 6.54 Å². The van der Waals surface area contributed by atoms with Crippen LogP contribution < -0.4 is 20.2 Å². The summed E-state index contributed by atoms with van der Waals surface area (Å²) in [6.45, 7) is 6.13. The fraction of sp³-hybridized carbons (Fsp3) is 0.357. The number of hydrogen-bond acceptors (Lipinski definition) is 7. The van der Waals surface area contributed by atoms with Crippen LogP contribution in [0.2, 0.25) is 0 Å². The lowest BCUT2D eigenvalue weighted by atomic mass is 9.86. The van der Waals surface area contributed by atoms with Crippen molar-refractivity contribution in [3.05, 3.63) is 70.8 Å². The van der Waals surface area contributed by atoms with Gasteiger partial charge >= 0.3 is 11.8 Å². The molecule has 2 aliphatic heterocycles. The number of imidazole rings is 1. The van der Waals surface area contributed by atoms with E-state index in [1.54, 1.807) is 13.1 Å². The average Bonchev–Trinajstić information content (AvgIpc) is 3.64. The van der Waals surface area contributed by atoms with Crippen molar-refractivity contribution in [3.63, 3.8) is 0 Å². The first-order valence-corrected chi connectivity index (χ1v) is 13.3. The van der Waals surface area contributed by atoms with Crippen LogP contribution in [-0.4, -0.2) is 68.8 Å². The van der Waals surface area contributed by atoms with E-state index in [2.05, 4.69) is 35.8 Å². The molecule has 40 heavy (non-hydrogen) atoms. The van der Waals surface area contributed by atoms with Gasteiger partial charge in [0.2, 0.25) is 0 Å². The number of ether oxygens (including phenoxy) is 1. The van der Waals surface area contributed by atoms with E-state index in [9.17, 15) is 19.1 Å². The Morgan fingerprint density at radius 1 is 1.12 bits per heavy atom. The number of rotatable bonds is 7. The summed E-state index contributed by atoms with van der Waals surface area (Å²) in [6, 6.07) is 9.83. The van der Waals surface area contributed by atoms with Crippen molar-refractivity contribution in [2.75, 3.05) is 42.5 Å². The molecule has 4 aromatic rings. The number of amides is 1. The number of nitrogens with one attached hydrogen (secondary N) is 2. The van der Waals surface area contributed by atoms with Gasteiger partial charge in [-0.1, -0.05) is 6.07 Å². The fourth-order valence-electron chi connectivity index (χ4n) is 5.98. The molecule has 2 saturated heterocycles. The number of halogens is 1. The Morgan fingerprint density at radius 2 is 1.95 bits per heavy atom. The van der Waals surface area contributed by atoms with Crippen LogP contribution in [0.25, 0.3) is 11.0 Å². The maximum Gasteiger partial charge on any atom is 0.411 e. The minimum absolute atomic E-state index is 0.109. The number of benzene rings is 2. The molecule has 0 radical (unpaired) electrons. The Hall–Kier alpha value is -4.45. The van der Waals surface area contributed by atoms with Crippen LogP contribution in [0.5, 0.6) is 11.5 Å². The molecule has 2 aromatic carbocycles. The zero-order chi connectivity index (χ0) is 27.9. The molecule has 208 valence electrons. The minimum atomic E-state index is -1.20. The van der Waals surface area contributed by atoms with Crippen molar-refractivity contribution in [1.29, 1.82) is 0 Å². The van der Waals surface area contributed by atoms with Crippen molar-refractivity contribution in [2.24, 2.45) is 5.41 Å². The summed E-state index contributed by atoms with van der Waals surface area (Å²) < 4.78 is 20.2. The molecule has 2 aromatic heterocycles. The maximum atomic E-state index is 14.1. The number of aromatic amines is 2.